The Morgan fingerprint density at radius 2 is 1.90 bits per heavy atom. The molecular weight excluding hydrogens is 120 g/mol. The van der Waals surface area contributed by atoms with Gasteiger partial charge in [0.1, 0.15) is 0 Å². The van der Waals surface area contributed by atoms with Crippen LogP contribution in [0.4, 0.5) is 0 Å². The summed E-state index contributed by atoms with van der Waals surface area (Å²) >= 11 is 0. The second kappa shape index (κ2) is 5.52. The number of allylic oxidation sites excluding steroid dienone is 1. The van der Waals surface area contributed by atoms with Gasteiger partial charge in [0.2, 0.25) is 0 Å². The first-order valence-corrected chi connectivity index (χ1v) is 4.40. The molecule has 10 heavy (non-hydrogen) atoms. The van der Waals surface area contributed by atoms with Crippen LogP contribution in [0.5, 0.6) is 0 Å². The molecule has 0 N–H and O–H groups in total. The van der Waals surface area contributed by atoms with Crippen molar-refractivity contribution in [1.29, 1.82) is 0 Å². The van der Waals surface area contributed by atoms with E-state index in [-0.39, 0.29) is 0 Å². The Hall–Kier alpha value is -0.260. The fraction of sp³-hybridized carbons (Fsp3) is 0.800. The zero-order valence-corrected chi connectivity index (χ0v) is 7.61. The van der Waals surface area contributed by atoms with Crippen LogP contribution in [0.3, 0.4) is 0 Å². The molecule has 0 saturated carbocycles. The molecule has 0 radical (unpaired) electrons. The summed E-state index contributed by atoms with van der Waals surface area (Å²) in [6.07, 6.45) is 5.04. The zero-order chi connectivity index (χ0) is 7.98. The molecule has 1 unspecified atom stereocenters. The molecule has 0 rings (SSSR count). The summed E-state index contributed by atoms with van der Waals surface area (Å²) in [5.74, 6) is 0.741. The molecule has 0 aromatic rings. The minimum Gasteiger partial charge on any atom is -0.0996 e. The van der Waals surface area contributed by atoms with Crippen molar-refractivity contribution in [2.24, 2.45) is 5.92 Å². The van der Waals surface area contributed by atoms with E-state index >= 15 is 0 Å². The summed E-state index contributed by atoms with van der Waals surface area (Å²) < 4.78 is 0. The molecule has 0 nitrogen and oxygen atoms in total. The van der Waals surface area contributed by atoms with E-state index in [0.29, 0.717) is 0 Å². The summed E-state index contributed by atoms with van der Waals surface area (Å²) in [6, 6.07) is 0. The van der Waals surface area contributed by atoms with Crippen LogP contribution in [-0.2, 0) is 0 Å². The van der Waals surface area contributed by atoms with Crippen molar-refractivity contribution in [2.45, 2.75) is 46.5 Å². The lowest BCUT2D eigenvalue weighted by atomic mass is 9.95. The highest BCUT2D eigenvalue weighted by Crippen LogP contribution is 2.18. The average molecular weight is 140 g/mol. The van der Waals surface area contributed by atoms with Gasteiger partial charge in [-0.05, 0) is 18.8 Å². The number of hydrogen-bond acceptors (Lipinski definition) is 0. The van der Waals surface area contributed by atoms with Crippen LogP contribution in [0.25, 0.3) is 0 Å². The van der Waals surface area contributed by atoms with Crippen LogP contribution in [0, 0.1) is 5.92 Å². The van der Waals surface area contributed by atoms with Gasteiger partial charge in [0.05, 0.1) is 0 Å². The van der Waals surface area contributed by atoms with Crippen molar-refractivity contribution in [1.82, 2.24) is 0 Å². The molecule has 0 spiro atoms. The first-order valence-electron chi connectivity index (χ1n) is 4.40. The standard InChI is InChI=1S/C10H20/c1-5-7-9(3)10(4)8-6-2/h10H,3,5-8H2,1-2,4H3. The molecule has 0 amide bonds. The summed E-state index contributed by atoms with van der Waals surface area (Å²) in [7, 11) is 0. The molecule has 0 fully saturated rings. The molecule has 0 bridgehead atoms. The van der Waals surface area contributed by atoms with E-state index < -0.39 is 0 Å². The molecule has 0 heteroatoms. The Morgan fingerprint density at radius 3 is 2.30 bits per heavy atom. The van der Waals surface area contributed by atoms with Gasteiger partial charge in [-0.25, -0.2) is 0 Å². The fourth-order valence-corrected chi connectivity index (χ4v) is 1.20. The lowest BCUT2D eigenvalue weighted by Crippen LogP contribution is -1.96. The first kappa shape index (κ1) is 9.74. The molecular formula is C10H20. The van der Waals surface area contributed by atoms with Gasteiger partial charge in [0.25, 0.3) is 0 Å². The summed E-state index contributed by atoms with van der Waals surface area (Å²) in [5, 5.41) is 0. The largest absolute Gasteiger partial charge is 0.0996 e. The summed E-state index contributed by atoms with van der Waals surface area (Å²) in [5.41, 5.74) is 1.43. The Labute approximate surface area is 65.3 Å². The molecule has 1 atom stereocenters. The lowest BCUT2D eigenvalue weighted by molar-refractivity contribution is 0.578. The molecule has 0 aliphatic rings. The van der Waals surface area contributed by atoms with Crippen LogP contribution >= 0.6 is 0 Å². The molecule has 60 valence electrons. The van der Waals surface area contributed by atoms with E-state index in [1.54, 1.807) is 0 Å². The van der Waals surface area contributed by atoms with Gasteiger partial charge < -0.3 is 0 Å². The molecule has 0 aromatic heterocycles. The van der Waals surface area contributed by atoms with E-state index in [9.17, 15) is 0 Å². The van der Waals surface area contributed by atoms with Crippen LogP contribution < -0.4 is 0 Å². The highest BCUT2D eigenvalue weighted by atomic mass is 14.1. The maximum atomic E-state index is 4.06. The van der Waals surface area contributed by atoms with E-state index in [1.807, 2.05) is 0 Å². The minimum absolute atomic E-state index is 0.741. The maximum Gasteiger partial charge on any atom is -0.0234 e. The van der Waals surface area contributed by atoms with Crippen molar-refractivity contribution in [2.75, 3.05) is 0 Å². The Morgan fingerprint density at radius 1 is 1.30 bits per heavy atom. The van der Waals surface area contributed by atoms with Crippen molar-refractivity contribution >= 4 is 0 Å². The van der Waals surface area contributed by atoms with Crippen LogP contribution in [-0.4, -0.2) is 0 Å². The third-order valence-electron chi connectivity index (χ3n) is 1.99. The molecule has 0 heterocycles. The van der Waals surface area contributed by atoms with Gasteiger partial charge in [0.15, 0.2) is 0 Å². The second-order valence-corrected chi connectivity index (χ2v) is 3.10. The molecule has 0 aliphatic carbocycles. The monoisotopic (exact) mass is 140 g/mol. The van der Waals surface area contributed by atoms with Gasteiger partial charge >= 0.3 is 0 Å². The third-order valence-corrected chi connectivity index (χ3v) is 1.99. The van der Waals surface area contributed by atoms with E-state index in [2.05, 4.69) is 27.4 Å². The third kappa shape index (κ3) is 3.71. The predicted molar refractivity (Wildman–Crippen MR) is 48.1 cm³/mol. The van der Waals surface area contributed by atoms with Gasteiger partial charge in [0, 0.05) is 0 Å². The summed E-state index contributed by atoms with van der Waals surface area (Å²) in [6.45, 7) is 10.8. The Bertz CT molecular complexity index is 92.2. The minimum atomic E-state index is 0.741. The molecule has 0 aliphatic heterocycles. The zero-order valence-electron chi connectivity index (χ0n) is 7.61. The highest BCUT2D eigenvalue weighted by molar-refractivity contribution is 4.98. The van der Waals surface area contributed by atoms with Crippen LogP contribution in [0.15, 0.2) is 12.2 Å². The maximum absolute atomic E-state index is 4.06. The average Bonchev–Trinajstić information content (AvgIpc) is 1.89. The Balaban J connectivity index is 3.49. The normalized spacial score (nSPS) is 13.1. The van der Waals surface area contributed by atoms with Crippen LogP contribution in [0.2, 0.25) is 0 Å². The van der Waals surface area contributed by atoms with E-state index in [1.165, 1.54) is 31.3 Å². The lowest BCUT2D eigenvalue weighted by Gasteiger charge is -2.11. The van der Waals surface area contributed by atoms with Gasteiger partial charge in [-0.1, -0.05) is 45.8 Å². The quantitative estimate of drug-likeness (QED) is 0.510. The van der Waals surface area contributed by atoms with Gasteiger partial charge in [-0.3, -0.25) is 0 Å². The SMILES string of the molecule is C=C(CCC)C(C)CCC. The molecule has 0 saturated heterocycles. The van der Waals surface area contributed by atoms with E-state index in [0.717, 1.165) is 5.92 Å². The van der Waals surface area contributed by atoms with Gasteiger partial charge in [-0.2, -0.15) is 0 Å². The summed E-state index contributed by atoms with van der Waals surface area (Å²) in [4.78, 5) is 0. The molecule has 0 aromatic carbocycles. The predicted octanol–water partition coefficient (Wildman–Crippen LogP) is 3.78. The second-order valence-electron chi connectivity index (χ2n) is 3.10. The Kier molecular flexibility index (Phi) is 5.38. The van der Waals surface area contributed by atoms with Crippen molar-refractivity contribution in [3.63, 3.8) is 0 Å². The van der Waals surface area contributed by atoms with Crippen LogP contribution in [0.1, 0.15) is 46.5 Å². The van der Waals surface area contributed by atoms with Crippen molar-refractivity contribution in [3.8, 4) is 0 Å². The van der Waals surface area contributed by atoms with Crippen molar-refractivity contribution in [3.05, 3.63) is 12.2 Å². The number of rotatable bonds is 5. The fourth-order valence-electron chi connectivity index (χ4n) is 1.20. The number of hydrogen-bond donors (Lipinski definition) is 0. The first-order chi connectivity index (χ1) is 4.72. The topological polar surface area (TPSA) is 0 Å². The van der Waals surface area contributed by atoms with Gasteiger partial charge in [-0.15, -0.1) is 0 Å². The van der Waals surface area contributed by atoms with E-state index in [4.69, 9.17) is 0 Å². The highest BCUT2D eigenvalue weighted by Gasteiger charge is 2.02. The van der Waals surface area contributed by atoms with Crippen molar-refractivity contribution < 1.29 is 0 Å². The smallest absolute Gasteiger partial charge is 0.0234 e.